The molecule has 2 aromatic rings. The molecule has 1 unspecified atom stereocenters. The molecular formula is C24H29NO6S. The zero-order chi connectivity index (χ0) is 23.7. The van der Waals surface area contributed by atoms with E-state index in [9.17, 15) is 19.5 Å². The molecule has 0 radical (unpaired) electrons. The number of ketones is 1. The molecule has 2 aromatic heterocycles. The van der Waals surface area contributed by atoms with Gasteiger partial charge < -0.3 is 14.6 Å². The number of hydrogen-bond donors (Lipinski definition) is 3. The Labute approximate surface area is 191 Å². The number of Topliss-reactive ketones (excluding diaryl/α,β-unsaturated/α-hetero) is 1. The van der Waals surface area contributed by atoms with Gasteiger partial charge in [0.2, 0.25) is 0 Å². The van der Waals surface area contributed by atoms with Crippen molar-refractivity contribution in [1.82, 2.24) is 5.32 Å². The van der Waals surface area contributed by atoms with Crippen molar-refractivity contribution in [2.45, 2.75) is 58.8 Å². The summed E-state index contributed by atoms with van der Waals surface area (Å²) in [6.07, 6.45) is 7.85. The summed E-state index contributed by atoms with van der Waals surface area (Å²) in [5, 5.41) is 21.0. The van der Waals surface area contributed by atoms with E-state index in [0.717, 1.165) is 24.1 Å². The van der Waals surface area contributed by atoms with E-state index in [2.05, 4.69) is 12.2 Å². The maximum Gasteiger partial charge on any atom is 0.408 e. The maximum atomic E-state index is 12.8. The zero-order valence-corrected chi connectivity index (χ0v) is 19.3. The van der Waals surface area contributed by atoms with Crippen molar-refractivity contribution in [3.63, 3.8) is 0 Å². The lowest BCUT2D eigenvalue weighted by atomic mass is 10.00. The molecule has 0 bridgehead atoms. The van der Waals surface area contributed by atoms with Crippen LogP contribution in [-0.4, -0.2) is 22.1 Å². The number of carboxylic acid groups (broad SMARTS) is 1. The topological polar surface area (TPSA) is 117 Å². The molecule has 0 saturated carbocycles. The Morgan fingerprint density at radius 3 is 2.72 bits per heavy atom. The molecule has 0 aromatic carbocycles. The van der Waals surface area contributed by atoms with Crippen LogP contribution in [0.3, 0.4) is 0 Å². The number of carbonyl (C=O) groups excluding carboxylic acids is 1. The molecule has 0 saturated heterocycles. The van der Waals surface area contributed by atoms with Crippen molar-refractivity contribution in [2.24, 2.45) is 0 Å². The summed E-state index contributed by atoms with van der Waals surface area (Å²) in [7, 11) is 0. The van der Waals surface area contributed by atoms with E-state index < -0.39 is 23.3 Å². The average Bonchev–Trinajstić information content (AvgIpc) is 3.18. The van der Waals surface area contributed by atoms with Crippen LogP contribution in [0.2, 0.25) is 0 Å². The monoisotopic (exact) mass is 459 g/mol. The summed E-state index contributed by atoms with van der Waals surface area (Å²) in [5.74, 6) is -0.916. The Bertz CT molecular complexity index is 1060. The molecule has 7 nitrogen and oxygen atoms in total. The van der Waals surface area contributed by atoms with Crippen LogP contribution in [0.15, 0.2) is 45.3 Å². The van der Waals surface area contributed by atoms with Crippen molar-refractivity contribution in [3.8, 4) is 5.75 Å². The second kappa shape index (κ2) is 12.0. The summed E-state index contributed by atoms with van der Waals surface area (Å²) in [4.78, 5) is 37.8. The first-order valence-corrected chi connectivity index (χ1v) is 11.4. The van der Waals surface area contributed by atoms with Gasteiger partial charge in [-0.2, -0.15) is 0 Å². The molecule has 1 atom stereocenters. The van der Waals surface area contributed by atoms with Gasteiger partial charge in [-0.15, -0.1) is 11.3 Å². The lowest BCUT2D eigenvalue weighted by Gasteiger charge is -2.11. The first kappa shape index (κ1) is 25.1. The van der Waals surface area contributed by atoms with Crippen molar-refractivity contribution < 1.29 is 24.2 Å². The normalized spacial score (nSPS) is 12.8. The third-order valence-electron chi connectivity index (χ3n) is 4.93. The molecule has 0 aliphatic carbocycles. The Morgan fingerprint density at radius 1 is 1.31 bits per heavy atom. The molecule has 2 heterocycles. The number of thiophene rings is 1. The van der Waals surface area contributed by atoms with Crippen LogP contribution >= 0.6 is 11.3 Å². The van der Waals surface area contributed by atoms with E-state index in [1.165, 1.54) is 17.1 Å². The maximum absolute atomic E-state index is 12.8. The SMILES string of the molecule is CCCCc1ccc(C=C(C)C(=O)c2c(O)cc(C(C)CCC=CNC(=O)O)oc2=O)s1. The van der Waals surface area contributed by atoms with Gasteiger partial charge in [0.25, 0.3) is 0 Å². The fourth-order valence-electron chi connectivity index (χ4n) is 3.09. The van der Waals surface area contributed by atoms with Crippen LogP contribution in [-0.2, 0) is 6.42 Å². The summed E-state index contributed by atoms with van der Waals surface area (Å²) in [5.41, 5.74) is -0.904. The quantitative estimate of drug-likeness (QED) is 0.293. The minimum absolute atomic E-state index is 0.212. The second-order valence-electron chi connectivity index (χ2n) is 7.59. The number of carbonyl (C=O) groups is 2. The van der Waals surface area contributed by atoms with Crippen molar-refractivity contribution in [1.29, 1.82) is 0 Å². The van der Waals surface area contributed by atoms with Crippen LogP contribution in [0.1, 0.15) is 78.2 Å². The predicted molar refractivity (Wildman–Crippen MR) is 126 cm³/mol. The van der Waals surface area contributed by atoms with E-state index in [1.807, 2.05) is 19.1 Å². The predicted octanol–water partition coefficient (Wildman–Crippen LogP) is 5.70. The molecule has 8 heteroatoms. The Balaban J connectivity index is 2.12. The molecule has 0 aliphatic rings. The number of amides is 1. The first-order valence-electron chi connectivity index (χ1n) is 10.6. The minimum atomic E-state index is -1.15. The highest BCUT2D eigenvalue weighted by molar-refractivity contribution is 7.12. The highest BCUT2D eigenvalue weighted by atomic mass is 32.1. The van der Waals surface area contributed by atoms with Gasteiger partial charge in [-0.3, -0.25) is 10.1 Å². The van der Waals surface area contributed by atoms with E-state index in [4.69, 9.17) is 9.52 Å². The highest BCUT2D eigenvalue weighted by Crippen LogP contribution is 2.27. The van der Waals surface area contributed by atoms with Gasteiger partial charge in [-0.1, -0.05) is 26.3 Å². The van der Waals surface area contributed by atoms with E-state index in [-0.39, 0.29) is 17.2 Å². The number of rotatable bonds is 11. The number of unbranched alkanes of at least 4 members (excludes halogenated alkanes) is 1. The number of aryl methyl sites for hydroxylation is 1. The molecule has 1 amide bonds. The first-order chi connectivity index (χ1) is 15.2. The number of hydrogen-bond acceptors (Lipinski definition) is 6. The molecule has 172 valence electrons. The van der Waals surface area contributed by atoms with Crippen LogP contribution in [0.4, 0.5) is 4.79 Å². The van der Waals surface area contributed by atoms with Gasteiger partial charge in [0, 0.05) is 27.9 Å². The smallest absolute Gasteiger partial charge is 0.408 e. The molecule has 2 rings (SSSR count). The lowest BCUT2D eigenvalue weighted by molar-refractivity contribution is 0.102. The lowest BCUT2D eigenvalue weighted by Crippen LogP contribution is -2.16. The Kier molecular flexibility index (Phi) is 9.46. The summed E-state index contributed by atoms with van der Waals surface area (Å²) >= 11 is 1.61. The second-order valence-corrected chi connectivity index (χ2v) is 8.79. The van der Waals surface area contributed by atoms with Gasteiger partial charge in [0.1, 0.15) is 17.1 Å². The molecular weight excluding hydrogens is 430 g/mol. The van der Waals surface area contributed by atoms with Gasteiger partial charge in [0.05, 0.1) is 0 Å². The minimum Gasteiger partial charge on any atom is -0.507 e. The largest absolute Gasteiger partial charge is 0.507 e. The fraction of sp³-hybridized carbons (Fsp3) is 0.375. The molecule has 0 spiro atoms. The van der Waals surface area contributed by atoms with Crippen molar-refractivity contribution >= 4 is 29.3 Å². The molecule has 32 heavy (non-hydrogen) atoms. The van der Waals surface area contributed by atoms with Gasteiger partial charge in [-0.25, -0.2) is 9.59 Å². The number of aromatic hydroxyl groups is 1. The Morgan fingerprint density at radius 2 is 2.06 bits per heavy atom. The van der Waals surface area contributed by atoms with E-state index in [0.29, 0.717) is 18.4 Å². The van der Waals surface area contributed by atoms with Crippen molar-refractivity contribution in [3.05, 3.63) is 67.5 Å². The molecule has 3 N–H and O–H groups in total. The van der Waals surface area contributed by atoms with Crippen LogP contribution in [0.5, 0.6) is 5.75 Å². The Hall–Kier alpha value is -3.13. The van der Waals surface area contributed by atoms with Crippen LogP contribution in [0, 0.1) is 0 Å². The van der Waals surface area contributed by atoms with Crippen LogP contribution < -0.4 is 10.9 Å². The summed E-state index contributed by atoms with van der Waals surface area (Å²) in [6.45, 7) is 5.56. The van der Waals surface area contributed by atoms with Gasteiger partial charge in [0.15, 0.2) is 5.78 Å². The highest BCUT2D eigenvalue weighted by Gasteiger charge is 2.22. The third kappa shape index (κ3) is 7.23. The fourth-order valence-corrected chi connectivity index (χ4v) is 4.14. The van der Waals surface area contributed by atoms with E-state index >= 15 is 0 Å². The zero-order valence-electron chi connectivity index (χ0n) is 18.5. The third-order valence-corrected chi connectivity index (χ3v) is 6.02. The summed E-state index contributed by atoms with van der Waals surface area (Å²) < 4.78 is 5.32. The summed E-state index contributed by atoms with van der Waals surface area (Å²) in [6, 6.07) is 5.29. The molecule has 0 aliphatic heterocycles. The van der Waals surface area contributed by atoms with E-state index in [1.54, 1.807) is 30.4 Å². The standard InChI is InChI=1S/C24H29NO6S/c1-4-5-9-17-10-11-18(32-17)13-16(3)22(27)21-19(26)14-20(31-23(21)28)15(2)8-6-7-12-25-24(29)30/h7,10-15,25-26H,4-6,8-9H2,1-3H3,(H,29,30). The molecule has 0 fully saturated rings. The average molecular weight is 460 g/mol. The van der Waals surface area contributed by atoms with Crippen molar-refractivity contribution in [2.75, 3.05) is 0 Å². The van der Waals surface area contributed by atoms with Crippen LogP contribution in [0.25, 0.3) is 6.08 Å². The number of allylic oxidation sites excluding steroid dienone is 2. The van der Waals surface area contributed by atoms with Gasteiger partial charge >= 0.3 is 11.7 Å². The number of nitrogens with one attached hydrogen (secondary N) is 1. The van der Waals surface area contributed by atoms with Gasteiger partial charge in [-0.05, 0) is 56.4 Å².